The van der Waals surface area contributed by atoms with E-state index in [4.69, 9.17) is 5.11 Å². The number of rotatable bonds is 5. The summed E-state index contributed by atoms with van der Waals surface area (Å²) in [6.07, 6.45) is 7.46. The molecule has 1 aliphatic carbocycles. The summed E-state index contributed by atoms with van der Waals surface area (Å²) in [5.41, 5.74) is -0.304. The van der Waals surface area contributed by atoms with E-state index in [0.29, 0.717) is 6.42 Å². The van der Waals surface area contributed by atoms with E-state index >= 15 is 0 Å². The maximum absolute atomic E-state index is 12.2. The van der Waals surface area contributed by atoms with Crippen LogP contribution in [0.1, 0.15) is 57.8 Å². The molecule has 0 radical (unpaired) electrons. The molecule has 0 atom stereocenters. The number of carboxylic acids is 1. The normalized spacial score (nSPS) is 23.2. The van der Waals surface area contributed by atoms with Gasteiger partial charge in [0.25, 0.3) is 0 Å². The van der Waals surface area contributed by atoms with Crippen molar-refractivity contribution in [1.29, 1.82) is 0 Å². The lowest BCUT2D eigenvalue weighted by Gasteiger charge is -2.36. The highest BCUT2D eigenvalue weighted by Gasteiger charge is 2.36. The number of aliphatic carboxylic acids is 1. The van der Waals surface area contributed by atoms with Gasteiger partial charge in [-0.15, -0.1) is 0 Å². The number of hydrogen-bond donors (Lipinski definition) is 3. The number of piperidine rings is 1. The molecule has 1 aliphatic heterocycles. The zero-order chi connectivity index (χ0) is 14.4. The lowest BCUT2D eigenvalue weighted by Crippen LogP contribution is -2.44. The van der Waals surface area contributed by atoms with Crippen molar-refractivity contribution < 1.29 is 14.7 Å². The lowest BCUT2D eigenvalue weighted by atomic mass is 9.69. The second-order valence-electron chi connectivity index (χ2n) is 6.40. The number of carbonyl (C=O) groups is 2. The molecule has 0 spiro atoms. The van der Waals surface area contributed by atoms with Crippen LogP contribution in [0, 0.1) is 5.41 Å². The van der Waals surface area contributed by atoms with Crippen LogP contribution >= 0.6 is 0 Å². The van der Waals surface area contributed by atoms with Crippen LogP contribution in [-0.4, -0.2) is 36.1 Å². The van der Waals surface area contributed by atoms with Crippen molar-refractivity contribution in [1.82, 2.24) is 10.6 Å². The molecule has 1 saturated carbocycles. The first kappa shape index (κ1) is 15.3. The summed E-state index contributed by atoms with van der Waals surface area (Å²) in [6.45, 7) is 1.90. The van der Waals surface area contributed by atoms with E-state index in [-0.39, 0.29) is 23.8 Å². The van der Waals surface area contributed by atoms with Crippen molar-refractivity contribution in [2.45, 2.75) is 63.8 Å². The molecule has 0 unspecified atom stereocenters. The molecular formula is C15H26N2O3. The van der Waals surface area contributed by atoms with Crippen LogP contribution in [0.4, 0.5) is 0 Å². The van der Waals surface area contributed by atoms with Gasteiger partial charge in [-0.2, -0.15) is 0 Å². The first-order valence-electron chi connectivity index (χ1n) is 7.82. The van der Waals surface area contributed by atoms with Crippen LogP contribution < -0.4 is 10.6 Å². The van der Waals surface area contributed by atoms with Gasteiger partial charge in [-0.05, 0) is 44.2 Å². The Morgan fingerprint density at radius 3 is 2.35 bits per heavy atom. The summed E-state index contributed by atoms with van der Waals surface area (Å²) in [5.74, 6) is -0.735. The summed E-state index contributed by atoms with van der Waals surface area (Å²) in [6, 6.07) is 0.259. The van der Waals surface area contributed by atoms with Crippen LogP contribution in [0.5, 0.6) is 0 Å². The van der Waals surface area contributed by atoms with Crippen LogP contribution in [0.2, 0.25) is 0 Å². The van der Waals surface area contributed by atoms with Crippen LogP contribution in [0.3, 0.4) is 0 Å². The van der Waals surface area contributed by atoms with Crippen LogP contribution in [0.15, 0.2) is 0 Å². The third-order valence-corrected chi connectivity index (χ3v) is 4.68. The molecular weight excluding hydrogens is 256 g/mol. The van der Waals surface area contributed by atoms with Gasteiger partial charge < -0.3 is 15.7 Å². The number of carboxylic acid groups (broad SMARTS) is 1. The number of hydrogen-bond acceptors (Lipinski definition) is 3. The molecule has 1 amide bonds. The lowest BCUT2D eigenvalue weighted by molar-refractivity contribution is -0.141. The van der Waals surface area contributed by atoms with Crippen molar-refractivity contribution in [3.8, 4) is 0 Å². The third kappa shape index (κ3) is 4.47. The molecule has 1 heterocycles. The molecule has 5 heteroatoms. The molecule has 0 aromatic carbocycles. The zero-order valence-electron chi connectivity index (χ0n) is 12.1. The van der Waals surface area contributed by atoms with E-state index in [1.807, 2.05) is 0 Å². The molecule has 3 N–H and O–H groups in total. The standard InChI is InChI=1S/C15H26N2O3/c18-13(17-12-4-8-16-9-5-12)10-15(11-14(19)20)6-2-1-3-7-15/h12,16H,1-11H2,(H,17,18)(H,19,20). The first-order valence-corrected chi connectivity index (χ1v) is 7.82. The third-order valence-electron chi connectivity index (χ3n) is 4.68. The minimum Gasteiger partial charge on any atom is -0.481 e. The molecule has 114 valence electrons. The van der Waals surface area contributed by atoms with Crippen molar-refractivity contribution >= 4 is 11.9 Å². The van der Waals surface area contributed by atoms with Crippen LogP contribution in [-0.2, 0) is 9.59 Å². The quantitative estimate of drug-likeness (QED) is 0.717. The SMILES string of the molecule is O=C(O)CC1(CC(=O)NC2CCNCC2)CCCCC1. The Morgan fingerprint density at radius 2 is 1.75 bits per heavy atom. The second-order valence-corrected chi connectivity index (χ2v) is 6.40. The number of amides is 1. The molecule has 2 aliphatic rings. The molecule has 20 heavy (non-hydrogen) atoms. The first-order chi connectivity index (χ1) is 9.60. The minimum absolute atomic E-state index is 0.0417. The van der Waals surface area contributed by atoms with Gasteiger partial charge >= 0.3 is 5.97 Å². The molecule has 0 aromatic heterocycles. The van der Waals surface area contributed by atoms with E-state index in [0.717, 1.165) is 58.0 Å². The van der Waals surface area contributed by atoms with Gasteiger partial charge in [0.2, 0.25) is 5.91 Å². The van der Waals surface area contributed by atoms with E-state index in [9.17, 15) is 9.59 Å². The van der Waals surface area contributed by atoms with Gasteiger partial charge in [-0.25, -0.2) is 0 Å². The fourth-order valence-electron chi connectivity index (χ4n) is 3.62. The average Bonchev–Trinajstić information content (AvgIpc) is 2.39. The minimum atomic E-state index is -0.776. The van der Waals surface area contributed by atoms with Gasteiger partial charge in [0, 0.05) is 12.5 Å². The molecule has 2 fully saturated rings. The van der Waals surface area contributed by atoms with Gasteiger partial charge in [-0.3, -0.25) is 9.59 Å². The largest absolute Gasteiger partial charge is 0.481 e. The van der Waals surface area contributed by atoms with E-state index in [1.165, 1.54) is 0 Å². The molecule has 1 saturated heterocycles. The van der Waals surface area contributed by atoms with Crippen LogP contribution in [0.25, 0.3) is 0 Å². The number of carbonyl (C=O) groups excluding carboxylic acids is 1. The highest BCUT2D eigenvalue weighted by Crippen LogP contribution is 2.42. The fourth-order valence-corrected chi connectivity index (χ4v) is 3.62. The Kier molecular flexibility index (Phi) is 5.40. The van der Waals surface area contributed by atoms with Crippen molar-refractivity contribution in [3.63, 3.8) is 0 Å². The van der Waals surface area contributed by atoms with E-state index < -0.39 is 5.97 Å². The summed E-state index contributed by atoms with van der Waals surface area (Å²) in [5, 5.41) is 15.5. The Hall–Kier alpha value is -1.10. The van der Waals surface area contributed by atoms with Gasteiger partial charge in [0.1, 0.15) is 0 Å². The van der Waals surface area contributed by atoms with Gasteiger partial charge in [0.15, 0.2) is 0 Å². The highest BCUT2D eigenvalue weighted by atomic mass is 16.4. The monoisotopic (exact) mass is 282 g/mol. The summed E-state index contributed by atoms with van der Waals surface area (Å²) in [4.78, 5) is 23.3. The highest BCUT2D eigenvalue weighted by molar-refractivity contribution is 5.78. The summed E-state index contributed by atoms with van der Waals surface area (Å²) >= 11 is 0. The number of nitrogens with one attached hydrogen (secondary N) is 2. The van der Waals surface area contributed by atoms with Gasteiger partial charge in [0.05, 0.1) is 6.42 Å². The Labute approximate surface area is 120 Å². The molecule has 0 bridgehead atoms. The smallest absolute Gasteiger partial charge is 0.303 e. The summed E-state index contributed by atoms with van der Waals surface area (Å²) < 4.78 is 0. The Morgan fingerprint density at radius 1 is 1.10 bits per heavy atom. The maximum atomic E-state index is 12.2. The topological polar surface area (TPSA) is 78.4 Å². The molecule has 0 aromatic rings. The zero-order valence-corrected chi connectivity index (χ0v) is 12.1. The van der Waals surface area contributed by atoms with Crippen molar-refractivity contribution in [2.24, 2.45) is 5.41 Å². The Bertz CT molecular complexity index is 345. The van der Waals surface area contributed by atoms with Crippen molar-refractivity contribution in [2.75, 3.05) is 13.1 Å². The maximum Gasteiger partial charge on any atom is 0.303 e. The second kappa shape index (κ2) is 7.07. The predicted molar refractivity (Wildman–Crippen MR) is 76.4 cm³/mol. The molecule has 2 rings (SSSR count). The van der Waals surface area contributed by atoms with Crippen molar-refractivity contribution in [3.05, 3.63) is 0 Å². The molecule has 5 nitrogen and oxygen atoms in total. The Balaban J connectivity index is 1.89. The predicted octanol–water partition coefficient (Wildman–Crippen LogP) is 1.67. The summed E-state index contributed by atoms with van der Waals surface area (Å²) in [7, 11) is 0. The average molecular weight is 282 g/mol. The fraction of sp³-hybridized carbons (Fsp3) is 0.867. The van der Waals surface area contributed by atoms with E-state index in [2.05, 4.69) is 10.6 Å². The van der Waals surface area contributed by atoms with E-state index in [1.54, 1.807) is 0 Å². The van der Waals surface area contributed by atoms with Gasteiger partial charge in [-0.1, -0.05) is 19.3 Å².